The van der Waals surface area contributed by atoms with Crippen LogP contribution in [0.2, 0.25) is 0 Å². The van der Waals surface area contributed by atoms with E-state index in [1.54, 1.807) is 0 Å². The molecule has 0 radical (unpaired) electrons. The fourth-order valence-corrected chi connectivity index (χ4v) is 0.981. The molecule has 0 aromatic heterocycles. The minimum atomic E-state index is -0.200. The van der Waals surface area contributed by atoms with Gasteiger partial charge in [-0.3, -0.25) is 0 Å². The molecule has 0 heterocycles. The molecule has 0 unspecified atom stereocenters. The molecule has 8 heavy (non-hydrogen) atoms. The van der Waals surface area contributed by atoms with Crippen molar-refractivity contribution >= 4 is 25.3 Å². The van der Waals surface area contributed by atoms with Crippen molar-refractivity contribution in [2.75, 3.05) is 0 Å². The van der Waals surface area contributed by atoms with Crippen molar-refractivity contribution in [3.05, 3.63) is 24.3 Å². The van der Waals surface area contributed by atoms with Crippen LogP contribution in [0.4, 0.5) is 0 Å². The third kappa shape index (κ3) is 1.60. The summed E-state index contributed by atoms with van der Waals surface area (Å²) in [7, 11) is 0. The topological polar surface area (TPSA) is 0 Å². The van der Waals surface area contributed by atoms with Crippen LogP contribution in [0.3, 0.4) is 0 Å². The molecule has 0 N–H and O–H groups in total. The molecule has 0 atom stereocenters. The SMILES string of the molecule is SC1(S)C=CC=CC1. The highest BCUT2D eigenvalue weighted by Crippen LogP contribution is 2.28. The Bertz CT molecular complexity index is 133. The number of thiol groups is 2. The van der Waals surface area contributed by atoms with Crippen molar-refractivity contribution < 1.29 is 0 Å². The van der Waals surface area contributed by atoms with E-state index in [4.69, 9.17) is 0 Å². The monoisotopic (exact) mass is 144 g/mol. The van der Waals surface area contributed by atoms with Crippen LogP contribution in [0.25, 0.3) is 0 Å². The summed E-state index contributed by atoms with van der Waals surface area (Å²) >= 11 is 8.49. The first kappa shape index (κ1) is 6.30. The second-order valence-corrected chi connectivity index (χ2v) is 3.82. The molecular formula is C6H8S2. The molecule has 1 rings (SSSR count). The van der Waals surface area contributed by atoms with E-state index in [0.29, 0.717) is 0 Å². The van der Waals surface area contributed by atoms with Gasteiger partial charge >= 0.3 is 0 Å². The summed E-state index contributed by atoms with van der Waals surface area (Å²) in [5.41, 5.74) is 0. The Morgan fingerprint density at radius 1 is 1.25 bits per heavy atom. The molecule has 0 aromatic rings. The third-order valence-corrected chi connectivity index (χ3v) is 1.69. The van der Waals surface area contributed by atoms with Gasteiger partial charge in [-0.15, -0.1) is 0 Å². The second-order valence-electron chi connectivity index (χ2n) is 1.87. The highest BCUT2D eigenvalue weighted by Gasteiger charge is 2.14. The predicted octanol–water partition coefficient (Wildman–Crippen LogP) is 2.06. The molecule has 44 valence electrons. The molecule has 0 bridgehead atoms. The molecule has 2 heteroatoms. The van der Waals surface area contributed by atoms with Crippen LogP contribution in [0.5, 0.6) is 0 Å². The van der Waals surface area contributed by atoms with Crippen molar-refractivity contribution in [3.63, 3.8) is 0 Å². The van der Waals surface area contributed by atoms with Crippen molar-refractivity contribution in [2.45, 2.75) is 10.5 Å². The van der Waals surface area contributed by atoms with E-state index in [-0.39, 0.29) is 4.08 Å². The number of allylic oxidation sites excluding steroid dienone is 3. The van der Waals surface area contributed by atoms with Crippen LogP contribution in [0.15, 0.2) is 24.3 Å². The summed E-state index contributed by atoms with van der Waals surface area (Å²) in [5, 5.41) is 0. The number of rotatable bonds is 0. The van der Waals surface area contributed by atoms with Gasteiger partial charge in [-0.25, -0.2) is 0 Å². The second kappa shape index (κ2) is 2.19. The number of hydrogen-bond donors (Lipinski definition) is 2. The fraction of sp³-hybridized carbons (Fsp3) is 0.333. The lowest BCUT2D eigenvalue weighted by Crippen LogP contribution is -2.08. The van der Waals surface area contributed by atoms with Crippen molar-refractivity contribution in [1.29, 1.82) is 0 Å². The Morgan fingerprint density at radius 2 is 2.00 bits per heavy atom. The van der Waals surface area contributed by atoms with Crippen molar-refractivity contribution in [2.24, 2.45) is 0 Å². The van der Waals surface area contributed by atoms with E-state index in [2.05, 4.69) is 31.3 Å². The van der Waals surface area contributed by atoms with Crippen LogP contribution in [-0.4, -0.2) is 4.08 Å². The van der Waals surface area contributed by atoms with Gasteiger partial charge in [-0.05, 0) is 6.42 Å². The van der Waals surface area contributed by atoms with Gasteiger partial charge in [0.1, 0.15) is 0 Å². The highest BCUT2D eigenvalue weighted by atomic mass is 32.2. The van der Waals surface area contributed by atoms with Gasteiger partial charge in [0, 0.05) is 0 Å². The Balaban J connectivity index is 2.65. The van der Waals surface area contributed by atoms with Crippen LogP contribution in [0, 0.1) is 0 Å². The molecule has 0 saturated carbocycles. The molecule has 0 aliphatic heterocycles. The van der Waals surface area contributed by atoms with Gasteiger partial charge < -0.3 is 0 Å². The first-order valence-electron chi connectivity index (χ1n) is 2.50. The minimum absolute atomic E-state index is 0.200. The number of hydrogen-bond acceptors (Lipinski definition) is 2. The van der Waals surface area contributed by atoms with Gasteiger partial charge in [-0.1, -0.05) is 24.3 Å². The zero-order valence-electron chi connectivity index (χ0n) is 4.41. The van der Waals surface area contributed by atoms with Crippen molar-refractivity contribution in [1.82, 2.24) is 0 Å². The van der Waals surface area contributed by atoms with E-state index in [9.17, 15) is 0 Å². The molecule has 0 saturated heterocycles. The molecule has 0 nitrogen and oxygen atoms in total. The van der Waals surface area contributed by atoms with Gasteiger partial charge in [-0.2, -0.15) is 25.3 Å². The summed E-state index contributed by atoms with van der Waals surface area (Å²) in [4.78, 5) is 0. The average Bonchev–Trinajstić information content (AvgIpc) is 1.65. The van der Waals surface area contributed by atoms with Gasteiger partial charge in [0.2, 0.25) is 0 Å². The Morgan fingerprint density at radius 3 is 2.25 bits per heavy atom. The maximum Gasteiger partial charge on any atom is 0.0770 e. The summed E-state index contributed by atoms with van der Waals surface area (Å²) in [6.45, 7) is 0. The summed E-state index contributed by atoms with van der Waals surface area (Å²) in [6, 6.07) is 0. The van der Waals surface area contributed by atoms with Gasteiger partial charge in [0.05, 0.1) is 4.08 Å². The minimum Gasteiger partial charge on any atom is -0.157 e. The molecule has 0 spiro atoms. The molecule has 1 aliphatic rings. The van der Waals surface area contributed by atoms with Crippen LogP contribution >= 0.6 is 25.3 Å². The van der Waals surface area contributed by atoms with Crippen LogP contribution < -0.4 is 0 Å². The lowest BCUT2D eigenvalue weighted by Gasteiger charge is -2.16. The van der Waals surface area contributed by atoms with E-state index in [0.717, 1.165) is 6.42 Å². The lowest BCUT2D eigenvalue weighted by molar-refractivity contribution is 1.01. The third-order valence-electron chi connectivity index (χ3n) is 1.03. The highest BCUT2D eigenvalue weighted by molar-refractivity contribution is 8.00. The Hall–Kier alpha value is 0.180. The smallest absolute Gasteiger partial charge is 0.0770 e. The molecular weight excluding hydrogens is 136 g/mol. The first-order chi connectivity index (χ1) is 3.71. The lowest BCUT2D eigenvalue weighted by atomic mass is 10.2. The largest absolute Gasteiger partial charge is 0.157 e. The van der Waals surface area contributed by atoms with E-state index in [1.807, 2.05) is 18.2 Å². The van der Waals surface area contributed by atoms with Crippen LogP contribution in [-0.2, 0) is 0 Å². The zero-order valence-corrected chi connectivity index (χ0v) is 6.20. The molecule has 0 fully saturated rings. The quantitative estimate of drug-likeness (QED) is 0.377. The summed E-state index contributed by atoms with van der Waals surface area (Å²) in [5.74, 6) is 0. The molecule has 0 aromatic carbocycles. The van der Waals surface area contributed by atoms with Crippen LogP contribution in [0.1, 0.15) is 6.42 Å². The maximum absolute atomic E-state index is 4.24. The predicted molar refractivity (Wildman–Crippen MR) is 43.6 cm³/mol. The van der Waals surface area contributed by atoms with E-state index < -0.39 is 0 Å². The molecule has 0 amide bonds. The molecule has 1 aliphatic carbocycles. The van der Waals surface area contributed by atoms with Gasteiger partial charge in [0.15, 0.2) is 0 Å². The maximum atomic E-state index is 4.24. The Labute approximate surface area is 60.5 Å². The average molecular weight is 144 g/mol. The summed E-state index contributed by atoms with van der Waals surface area (Å²) < 4.78 is -0.200. The fourth-order valence-electron chi connectivity index (χ4n) is 0.598. The first-order valence-corrected chi connectivity index (χ1v) is 3.39. The van der Waals surface area contributed by atoms with Crippen molar-refractivity contribution in [3.8, 4) is 0 Å². The van der Waals surface area contributed by atoms with E-state index >= 15 is 0 Å². The standard InChI is InChI=1S/C6H8S2/c7-6(8)4-2-1-3-5-6/h1-4,7-8H,5H2. The normalized spacial score (nSPS) is 23.8. The zero-order chi connectivity index (χ0) is 6.04. The summed E-state index contributed by atoms with van der Waals surface area (Å²) in [6.07, 6.45) is 8.91. The Kier molecular flexibility index (Phi) is 1.73. The van der Waals surface area contributed by atoms with E-state index in [1.165, 1.54) is 0 Å². The van der Waals surface area contributed by atoms with Gasteiger partial charge in [0.25, 0.3) is 0 Å².